The first-order valence-electron chi connectivity index (χ1n) is 10.9. The molecular weight excluding hydrogens is 441 g/mol. The second-order valence-corrected chi connectivity index (χ2v) is 8.50. The molecule has 4 aromatic rings. The number of hydrogen-bond donors (Lipinski definition) is 2. The monoisotopic (exact) mass is 465 g/mol. The summed E-state index contributed by atoms with van der Waals surface area (Å²) in [4.78, 5) is 13.0. The number of carbonyl (C=O) groups excluding carboxylic acids is 1. The number of aliphatic hydroxyl groups is 1. The Bertz CT molecular complexity index is 1290. The molecule has 2 atom stereocenters. The predicted molar refractivity (Wildman–Crippen MR) is 129 cm³/mol. The zero-order valence-corrected chi connectivity index (χ0v) is 19.2. The number of nitrogens with zero attached hydrogens (tertiary/aromatic N) is 2. The van der Waals surface area contributed by atoms with Gasteiger partial charge in [0.05, 0.1) is 28.9 Å². The summed E-state index contributed by atoms with van der Waals surface area (Å²) in [6, 6.07) is 18.4. The van der Waals surface area contributed by atoms with Crippen LogP contribution in [-0.2, 0) is 0 Å². The minimum atomic E-state index is -0.346. The van der Waals surface area contributed by atoms with E-state index in [2.05, 4.69) is 5.32 Å². The van der Waals surface area contributed by atoms with Crippen molar-refractivity contribution < 1.29 is 14.3 Å². The normalized spacial score (nSPS) is 13.1. The molecule has 170 valence electrons. The third-order valence-electron chi connectivity index (χ3n) is 5.99. The van der Waals surface area contributed by atoms with Crippen LogP contribution in [0.25, 0.3) is 27.8 Å². The van der Waals surface area contributed by atoms with Gasteiger partial charge in [-0.3, -0.25) is 4.79 Å². The number of benzene rings is 3. The Labute approximate surface area is 196 Å². The lowest BCUT2D eigenvalue weighted by atomic mass is 9.99. The van der Waals surface area contributed by atoms with Crippen LogP contribution in [0.15, 0.2) is 66.7 Å². The highest BCUT2D eigenvalue weighted by Gasteiger charge is 2.21. The summed E-state index contributed by atoms with van der Waals surface area (Å²) < 4.78 is 15.2. The van der Waals surface area contributed by atoms with E-state index in [1.165, 1.54) is 12.1 Å². The van der Waals surface area contributed by atoms with Crippen molar-refractivity contribution in [2.75, 3.05) is 6.61 Å². The summed E-state index contributed by atoms with van der Waals surface area (Å²) in [7, 11) is 0. The van der Waals surface area contributed by atoms with Crippen molar-refractivity contribution >= 4 is 28.4 Å². The van der Waals surface area contributed by atoms with Crippen LogP contribution in [0.4, 0.5) is 4.39 Å². The summed E-state index contributed by atoms with van der Waals surface area (Å²) in [5, 5.41) is 18.8. The maximum atomic E-state index is 13.5. The maximum absolute atomic E-state index is 13.5. The highest BCUT2D eigenvalue weighted by molar-refractivity contribution is 6.33. The average Bonchev–Trinajstić information content (AvgIpc) is 3.21. The van der Waals surface area contributed by atoms with Gasteiger partial charge < -0.3 is 10.4 Å². The van der Waals surface area contributed by atoms with Gasteiger partial charge in [0.15, 0.2) is 0 Å². The predicted octanol–water partition coefficient (Wildman–Crippen LogP) is 5.62. The van der Waals surface area contributed by atoms with Gasteiger partial charge in [0.1, 0.15) is 11.5 Å². The van der Waals surface area contributed by atoms with Crippen LogP contribution < -0.4 is 5.32 Å². The first-order valence-corrected chi connectivity index (χ1v) is 11.3. The number of rotatable bonds is 7. The van der Waals surface area contributed by atoms with Crippen molar-refractivity contribution in [1.82, 2.24) is 15.1 Å². The lowest BCUT2D eigenvalue weighted by Gasteiger charge is -2.22. The van der Waals surface area contributed by atoms with Crippen LogP contribution in [0.3, 0.4) is 0 Å². The quantitative estimate of drug-likeness (QED) is 0.372. The van der Waals surface area contributed by atoms with Crippen molar-refractivity contribution in [3.8, 4) is 16.9 Å². The van der Waals surface area contributed by atoms with Gasteiger partial charge in [-0.1, -0.05) is 50.1 Å². The molecule has 1 heterocycles. The second kappa shape index (κ2) is 9.73. The molecule has 3 aromatic carbocycles. The third-order valence-corrected chi connectivity index (χ3v) is 6.32. The largest absolute Gasteiger partial charge is 0.394 e. The Morgan fingerprint density at radius 1 is 1.15 bits per heavy atom. The molecule has 2 N–H and O–H groups in total. The summed E-state index contributed by atoms with van der Waals surface area (Å²) in [5.74, 6) is -0.483. The molecule has 0 aliphatic heterocycles. The standard InChI is InChI=1S/C26H25ClFN3O2/c1-3-16(2)23(15-32)29-26(33)17-8-13-21-24(14-17)31(19-11-9-18(28)10-12-19)30-25(21)20-6-4-5-7-22(20)27/h4-14,16,23,32H,3,15H2,1-2H3,(H,29,33). The number of halogens is 2. The Balaban J connectivity index is 1.84. The van der Waals surface area contributed by atoms with Crippen molar-refractivity contribution in [3.63, 3.8) is 0 Å². The summed E-state index contributed by atoms with van der Waals surface area (Å²) >= 11 is 6.45. The molecule has 5 nitrogen and oxygen atoms in total. The van der Waals surface area contributed by atoms with Gasteiger partial charge in [-0.2, -0.15) is 5.10 Å². The lowest BCUT2D eigenvalue weighted by molar-refractivity contribution is 0.0891. The van der Waals surface area contributed by atoms with Gasteiger partial charge in [-0.25, -0.2) is 9.07 Å². The van der Waals surface area contributed by atoms with E-state index in [-0.39, 0.29) is 30.3 Å². The van der Waals surface area contributed by atoms with Crippen molar-refractivity contribution in [2.24, 2.45) is 5.92 Å². The number of nitrogens with one attached hydrogen (secondary N) is 1. The fourth-order valence-electron chi connectivity index (χ4n) is 3.79. The third kappa shape index (κ3) is 4.63. The van der Waals surface area contributed by atoms with E-state index < -0.39 is 0 Å². The van der Waals surface area contributed by atoms with Gasteiger partial charge in [0.25, 0.3) is 5.91 Å². The molecule has 0 bridgehead atoms. The van der Waals surface area contributed by atoms with Gasteiger partial charge in [-0.05, 0) is 54.4 Å². The van der Waals surface area contributed by atoms with Crippen LogP contribution in [0, 0.1) is 11.7 Å². The van der Waals surface area contributed by atoms with Crippen LogP contribution in [0.5, 0.6) is 0 Å². The molecule has 4 rings (SSSR count). The van der Waals surface area contributed by atoms with Gasteiger partial charge in [0, 0.05) is 16.5 Å². The molecule has 1 amide bonds. The minimum absolute atomic E-state index is 0.132. The fraction of sp³-hybridized carbons (Fsp3) is 0.231. The maximum Gasteiger partial charge on any atom is 0.251 e. The van der Waals surface area contributed by atoms with E-state index in [4.69, 9.17) is 16.7 Å². The SMILES string of the molecule is CCC(C)C(CO)NC(=O)c1ccc2c(-c3ccccc3Cl)nn(-c3ccc(F)cc3)c2c1. The van der Waals surface area contributed by atoms with Crippen molar-refractivity contribution in [1.29, 1.82) is 0 Å². The highest BCUT2D eigenvalue weighted by Crippen LogP contribution is 2.34. The van der Waals surface area contributed by atoms with E-state index in [0.29, 0.717) is 27.5 Å². The number of aliphatic hydroxyl groups excluding tert-OH is 1. The molecule has 0 fully saturated rings. The van der Waals surface area contributed by atoms with E-state index in [9.17, 15) is 14.3 Å². The number of aromatic nitrogens is 2. The van der Waals surface area contributed by atoms with E-state index >= 15 is 0 Å². The Kier molecular flexibility index (Phi) is 6.77. The summed E-state index contributed by atoms with van der Waals surface area (Å²) in [5.41, 5.74) is 3.22. The van der Waals surface area contributed by atoms with Crippen LogP contribution in [-0.4, -0.2) is 33.4 Å². The van der Waals surface area contributed by atoms with E-state index in [1.54, 1.807) is 35.0 Å². The zero-order chi connectivity index (χ0) is 23.5. The molecule has 0 aliphatic rings. The van der Waals surface area contributed by atoms with Crippen LogP contribution >= 0.6 is 11.6 Å². The number of carbonyl (C=O) groups is 1. The smallest absolute Gasteiger partial charge is 0.251 e. The number of amides is 1. The molecule has 0 saturated carbocycles. The van der Waals surface area contributed by atoms with Gasteiger partial charge in [-0.15, -0.1) is 0 Å². The van der Waals surface area contributed by atoms with Crippen molar-refractivity contribution in [3.05, 3.63) is 83.1 Å². The summed E-state index contributed by atoms with van der Waals surface area (Å²) in [6.45, 7) is 3.88. The molecule has 0 radical (unpaired) electrons. The van der Waals surface area contributed by atoms with E-state index in [1.807, 2.05) is 38.1 Å². The van der Waals surface area contributed by atoms with Crippen LogP contribution in [0.1, 0.15) is 30.6 Å². The number of hydrogen-bond acceptors (Lipinski definition) is 3. The first kappa shape index (κ1) is 23.0. The Morgan fingerprint density at radius 3 is 2.55 bits per heavy atom. The molecule has 0 aliphatic carbocycles. The fourth-order valence-corrected chi connectivity index (χ4v) is 4.02. The minimum Gasteiger partial charge on any atom is -0.394 e. The highest BCUT2D eigenvalue weighted by atomic mass is 35.5. The molecule has 0 spiro atoms. The summed E-state index contributed by atoms with van der Waals surface area (Å²) in [6.07, 6.45) is 0.836. The second-order valence-electron chi connectivity index (χ2n) is 8.10. The Hall–Kier alpha value is -3.22. The molecule has 33 heavy (non-hydrogen) atoms. The van der Waals surface area contributed by atoms with Crippen LogP contribution in [0.2, 0.25) is 5.02 Å². The topological polar surface area (TPSA) is 67.2 Å². The average molecular weight is 466 g/mol. The molecule has 1 aromatic heterocycles. The Morgan fingerprint density at radius 2 is 1.88 bits per heavy atom. The van der Waals surface area contributed by atoms with E-state index in [0.717, 1.165) is 17.4 Å². The molecule has 7 heteroatoms. The van der Waals surface area contributed by atoms with Gasteiger partial charge >= 0.3 is 0 Å². The van der Waals surface area contributed by atoms with Gasteiger partial charge in [0.2, 0.25) is 0 Å². The zero-order valence-electron chi connectivity index (χ0n) is 18.4. The molecular formula is C26H25ClFN3O2. The van der Waals surface area contributed by atoms with Crippen molar-refractivity contribution in [2.45, 2.75) is 26.3 Å². The first-order chi connectivity index (χ1) is 15.9. The molecule has 2 unspecified atom stereocenters. The molecule has 0 saturated heterocycles. The number of fused-ring (bicyclic) bond motifs is 1. The lowest BCUT2D eigenvalue weighted by Crippen LogP contribution is -2.41.